The summed E-state index contributed by atoms with van der Waals surface area (Å²) in [5.74, 6) is 2.55. The van der Waals surface area contributed by atoms with Gasteiger partial charge in [-0.1, -0.05) is 40.5 Å². The molecular weight excluding hydrogens is 226 g/mol. The fourth-order valence-corrected chi connectivity index (χ4v) is 3.70. The van der Waals surface area contributed by atoms with E-state index < -0.39 is 0 Å². The van der Waals surface area contributed by atoms with E-state index >= 15 is 0 Å². The molecule has 17 heavy (non-hydrogen) atoms. The monoisotopic (exact) mass is 257 g/mol. The molecule has 1 saturated carbocycles. The molecule has 0 aliphatic heterocycles. The van der Waals surface area contributed by atoms with E-state index in [1.54, 1.807) is 0 Å². The second kappa shape index (κ2) is 6.47. The lowest BCUT2D eigenvalue weighted by Gasteiger charge is -2.40. The number of hydrogen-bond donors (Lipinski definition) is 1. The van der Waals surface area contributed by atoms with Crippen molar-refractivity contribution in [2.45, 2.75) is 59.4 Å². The van der Waals surface area contributed by atoms with Crippen LogP contribution in [-0.2, 0) is 0 Å². The van der Waals surface area contributed by atoms with Gasteiger partial charge in [0.2, 0.25) is 0 Å². The third kappa shape index (κ3) is 4.48. The second-order valence-corrected chi connectivity index (χ2v) is 7.38. The predicted molar refractivity (Wildman–Crippen MR) is 80.8 cm³/mol. The molecular formula is C15H31NS. The Balaban J connectivity index is 2.54. The number of nitrogens with zero attached hydrogens (tertiary/aromatic N) is 1. The van der Waals surface area contributed by atoms with Crippen LogP contribution < -0.4 is 0 Å². The molecule has 0 aromatic rings. The lowest BCUT2D eigenvalue weighted by molar-refractivity contribution is 0.0976. The summed E-state index contributed by atoms with van der Waals surface area (Å²) >= 11 is 4.54. The Morgan fingerprint density at radius 2 is 1.82 bits per heavy atom. The molecule has 0 spiro atoms. The van der Waals surface area contributed by atoms with Gasteiger partial charge in [0.15, 0.2) is 0 Å². The molecule has 1 fully saturated rings. The molecule has 1 rings (SSSR count). The molecule has 0 bridgehead atoms. The fourth-order valence-electron chi connectivity index (χ4n) is 3.04. The van der Waals surface area contributed by atoms with Crippen molar-refractivity contribution in [1.29, 1.82) is 0 Å². The molecule has 0 aromatic heterocycles. The van der Waals surface area contributed by atoms with E-state index in [4.69, 9.17) is 0 Å². The molecule has 1 nitrogen and oxygen atoms in total. The number of rotatable bonds is 4. The minimum atomic E-state index is 0.369. The van der Waals surface area contributed by atoms with Gasteiger partial charge < -0.3 is 4.90 Å². The van der Waals surface area contributed by atoms with Crippen LogP contribution in [0.2, 0.25) is 0 Å². The van der Waals surface area contributed by atoms with Crippen LogP contribution in [0.1, 0.15) is 53.4 Å². The summed E-state index contributed by atoms with van der Waals surface area (Å²) in [5, 5.41) is 0. The molecule has 3 unspecified atom stereocenters. The molecule has 0 saturated heterocycles. The van der Waals surface area contributed by atoms with Gasteiger partial charge in [-0.15, -0.1) is 0 Å². The van der Waals surface area contributed by atoms with Gasteiger partial charge in [0.25, 0.3) is 0 Å². The van der Waals surface area contributed by atoms with Crippen molar-refractivity contribution in [3.8, 4) is 0 Å². The first-order valence-corrected chi connectivity index (χ1v) is 7.80. The van der Waals surface area contributed by atoms with Gasteiger partial charge in [0.05, 0.1) is 0 Å². The maximum Gasteiger partial charge on any atom is 0.0118 e. The smallest absolute Gasteiger partial charge is 0.0118 e. The molecule has 0 amide bonds. The predicted octanol–water partition coefficient (Wildman–Crippen LogP) is 4.09. The Morgan fingerprint density at radius 1 is 1.24 bits per heavy atom. The highest BCUT2D eigenvalue weighted by atomic mass is 32.1. The van der Waals surface area contributed by atoms with Gasteiger partial charge >= 0.3 is 0 Å². The highest BCUT2D eigenvalue weighted by Crippen LogP contribution is 2.31. The van der Waals surface area contributed by atoms with Crippen molar-refractivity contribution in [3.05, 3.63) is 0 Å². The van der Waals surface area contributed by atoms with Gasteiger partial charge in [-0.05, 0) is 42.9 Å². The summed E-state index contributed by atoms with van der Waals surface area (Å²) in [7, 11) is 2.31. The lowest BCUT2D eigenvalue weighted by atomic mass is 9.80. The van der Waals surface area contributed by atoms with Crippen molar-refractivity contribution < 1.29 is 0 Å². The summed E-state index contributed by atoms with van der Waals surface area (Å²) in [6, 6.07) is 0.800. The van der Waals surface area contributed by atoms with Crippen LogP contribution >= 0.6 is 12.6 Å². The first-order valence-electron chi connectivity index (χ1n) is 7.17. The average Bonchev–Trinajstić information content (AvgIpc) is 2.24. The summed E-state index contributed by atoms with van der Waals surface area (Å²) in [5.41, 5.74) is 0.369. The largest absolute Gasteiger partial charge is 0.303 e. The third-order valence-electron chi connectivity index (χ3n) is 4.59. The third-order valence-corrected chi connectivity index (χ3v) is 5.03. The highest BCUT2D eigenvalue weighted by molar-refractivity contribution is 7.80. The van der Waals surface area contributed by atoms with E-state index in [-0.39, 0.29) is 0 Å². The minimum absolute atomic E-state index is 0.369. The molecule has 0 radical (unpaired) electrons. The topological polar surface area (TPSA) is 3.24 Å². The average molecular weight is 257 g/mol. The Bertz CT molecular complexity index is 221. The summed E-state index contributed by atoms with van der Waals surface area (Å²) < 4.78 is 0. The van der Waals surface area contributed by atoms with Crippen LogP contribution in [0, 0.1) is 17.3 Å². The fraction of sp³-hybridized carbons (Fsp3) is 1.00. The molecule has 1 aliphatic carbocycles. The van der Waals surface area contributed by atoms with Crippen LogP contribution in [0.4, 0.5) is 0 Å². The van der Waals surface area contributed by atoms with Gasteiger partial charge in [-0.3, -0.25) is 0 Å². The molecule has 0 N–H and O–H groups in total. The number of thiol groups is 1. The molecule has 1 aliphatic rings. The van der Waals surface area contributed by atoms with Crippen LogP contribution in [0.25, 0.3) is 0 Å². The maximum absolute atomic E-state index is 4.54. The first kappa shape index (κ1) is 15.4. The standard InChI is InChI=1S/C15H31NS/c1-12-8-6-7-9-14(12)16(5)10-13(11-17)15(2,3)4/h12-14,17H,6-11H2,1-5H3. The van der Waals surface area contributed by atoms with E-state index in [1.165, 1.54) is 32.2 Å². The minimum Gasteiger partial charge on any atom is -0.303 e. The normalized spacial score (nSPS) is 28.4. The van der Waals surface area contributed by atoms with Crippen LogP contribution in [-0.4, -0.2) is 30.3 Å². The second-order valence-electron chi connectivity index (χ2n) is 7.01. The molecule has 0 heterocycles. The summed E-state index contributed by atoms with van der Waals surface area (Å²) in [6.45, 7) is 10.6. The Labute approximate surface area is 114 Å². The zero-order chi connectivity index (χ0) is 13.1. The van der Waals surface area contributed by atoms with E-state index in [0.717, 1.165) is 17.7 Å². The van der Waals surface area contributed by atoms with Gasteiger partial charge in [-0.25, -0.2) is 0 Å². The SMILES string of the molecule is CC1CCCCC1N(C)CC(CS)C(C)(C)C. The van der Waals surface area contributed by atoms with Gasteiger partial charge in [0.1, 0.15) is 0 Å². The highest BCUT2D eigenvalue weighted by Gasteiger charge is 2.30. The van der Waals surface area contributed by atoms with Crippen molar-refractivity contribution >= 4 is 12.6 Å². The number of hydrogen-bond acceptors (Lipinski definition) is 2. The maximum atomic E-state index is 4.54. The molecule has 102 valence electrons. The molecule has 2 heteroatoms. The van der Waals surface area contributed by atoms with Crippen LogP contribution in [0.3, 0.4) is 0 Å². The van der Waals surface area contributed by atoms with E-state index in [9.17, 15) is 0 Å². The Hall–Kier alpha value is 0.310. The van der Waals surface area contributed by atoms with E-state index in [1.807, 2.05) is 0 Å². The lowest BCUT2D eigenvalue weighted by Crippen LogP contribution is -2.44. The first-order chi connectivity index (χ1) is 7.86. The molecule has 0 aromatic carbocycles. The Morgan fingerprint density at radius 3 is 2.29 bits per heavy atom. The zero-order valence-electron chi connectivity index (χ0n) is 12.4. The van der Waals surface area contributed by atoms with Crippen molar-refractivity contribution in [1.82, 2.24) is 4.90 Å². The van der Waals surface area contributed by atoms with Crippen molar-refractivity contribution in [2.75, 3.05) is 19.3 Å². The van der Waals surface area contributed by atoms with Crippen molar-refractivity contribution in [3.63, 3.8) is 0 Å². The summed E-state index contributed by atoms with van der Waals surface area (Å²) in [4.78, 5) is 2.61. The summed E-state index contributed by atoms with van der Waals surface area (Å²) in [6.07, 6.45) is 5.65. The zero-order valence-corrected chi connectivity index (χ0v) is 13.3. The van der Waals surface area contributed by atoms with Crippen LogP contribution in [0.15, 0.2) is 0 Å². The Kier molecular flexibility index (Phi) is 5.85. The quantitative estimate of drug-likeness (QED) is 0.743. The molecule has 3 atom stereocenters. The van der Waals surface area contributed by atoms with E-state index in [2.05, 4.69) is 52.3 Å². The van der Waals surface area contributed by atoms with Crippen molar-refractivity contribution in [2.24, 2.45) is 17.3 Å². The van der Waals surface area contributed by atoms with Gasteiger partial charge in [0, 0.05) is 12.6 Å². The van der Waals surface area contributed by atoms with Crippen LogP contribution in [0.5, 0.6) is 0 Å². The van der Waals surface area contributed by atoms with Gasteiger partial charge in [-0.2, -0.15) is 12.6 Å². The van der Waals surface area contributed by atoms with E-state index in [0.29, 0.717) is 11.3 Å².